The normalized spacial score (nSPS) is 24.1. The van der Waals surface area contributed by atoms with Gasteiger partial charge >= 0.3 is 0 Å². The Bertz CT molecular complexity index is 734. The Morgan fingerprint density at radius 2 is 1.33 bits per heavy atom. The van der Waals surface area contributed by atoms with E-state index in [1.807, 2.05) is 6.08 Å². The summed E-state index contributed by atoms with van der Waals surface area (Å²) in [5.74, 6) is 0. The highest BCUT2D eigenvalue weighted by molar-refractivity contribution is 5.92. The van der Waals surface area contributed by atoms with E-state index in [1.165, 1.54) is 44.5 Å². The molecule has 0 atom stereocenters. The summed E-state index contributed by atoms with van der Waals surface area (Å²) in [5.41, 5.74) is 11.4. The van der Waals surface area contributed by atoms with Gasteiger partial charge in [-0.05, 0) is 90.3 Å². The van der Waals surface area contributed by atoms with Gasteiger partial charge in [-0.2, -0.15) is 0 Å². The lowest BCUT2D eigenvalue weighted by Gasteiger charge is -2.06. The van der Waals surface area contributed by atoms with Crippen LogP contribution < -0.4 is 0 Å². The van der Waals surface area contributed by atoms with Crippen LogP contribution in [0.25, 0.3) is 11.1 Å². The molecule has 0 N–H and O–H groups in total. The maximum Gasteiger partial charge on any atom is -0.00165 e. The van der Waals surface area contributed by atoms with E-state index < -0.39 is 0 Å². The minimum Gasteiger partial charge on any atom is -0.0990 e. The van der Waals surface area contributed by atoms with Crippen LogP contribution in [-0.4, -0.2) is 0 Å². The molecule has 0 amide bonds. The SMILES string of the molecule is C=C/C=C1\C(=C/C)Cc2cc3c(cc21)CC(=C/C)/C3=C\C. The van der Waals surface area contributed by atoms with Crippen LogP contribution in [-0.2, 0) is 12.8 Å². The van der Waals surface area contributed by atoms with E-state index in [4.69, 9.17) is 0 Å². The molecule has 106 valence electrons. The fourth-order valence-electron chi connectivity index (χ4n) is 3.60. The molecule has 2 aliphatic rings. The average molecular weight is 274 g/mol. The first-order valence-electron chi connectivity index (χ1n) is 7.70. The number of hydrogen-bond acceptors (Lipinski definition) is 0. The first kappa shape index (κ1) is 13.9. The smallest absolute Gasteiger partial charge is 0.00165 e. The van der Waals surface area contributed by atoms with E-state index >= 15 is 0 Å². The zero-order valence-electron chi connectivity index (χ0n) is 13.2. The predicted octanol–water partition coefficient (Wildman–Crippen LogP) is 5.66. The fourth-order valence-corrected chi connectivity index (χ4v) is 3.60. The lowest BCUT2D eigenvalue weighted by atomic mass is 9.98. The number of benzene rings is 1. The van der Waals surface area contributed by atoms with Gasteiger partial charge in [0, 0.05) is 0 Å². The Balaban J connectivity index is 2.20. The molecule has 0 saturated heterocycles. The maximum absolute atomic E-state index is 3.87. The van der Waals surface area contributed by atoms with Crippen molar-refractivity contribution in [3.63, 3.8) is 0 Å². The summed E-state index contributed by atoms with van der Waals surface area (Å²) < 4.78 is 0. The van der Waals surface area contributed by atoms with Gasteiger partial charge in [0.15, 0.2) is 0 Å². The molecular weight excluding hydrogens is 252 g/mol. The van der Waals surface area contributed by atoms with Gasteiger partial charge in [-0.1, -0.05) is 37.0 Å². The van der Waals surface area contributed by atoms with E-state index in [2.05, 4.69) is 63.8 Å². The third-order valence-electron chi connectivity index (χ3n) is 4.63. The van der Waals surface area contributed by atoms with Crippen molar-refractivity contribution >= 4 is 11.1 Å². The van der Waals surface area contributed by atoms with E-state index in [0.29, 0.717) is 0 Å². The van der Waals surface area contributed by atoms with Gasteiger partial charge in [0.2, 0.25) is 0 Å². The van der Waals surface area contributed by atoms with Crippen LogP contribution in [0.15, 0.2) is 60.2 Å². The molecule has 0 spiro atoms. The summed E-state index contributed by atoms with van der Waals surface area (Å²) in [7, 11) is 0. The summed E-state index contributed by atoms with van der Waals surface area (Å²) in [6.07, 6.45) is 12.9. The summed E-state index contributed by atoms with van der Waals surface area (Å²) in [6.45, 7) is 10.3. The molecule has 0 nitrogen and oxygen atoms in total. The van der Waals surface area contributed by atoms with Gasteiger partial charge in [-0.25, -0.2) is 0 Å². The summed E-state index contributed by atoms with van der Waals surface area (Å²) in [4.78, 5) is 0. The molecule has 0 bridgehead atoms. The van der Waals surface area contributed by atoms with E-state index in [1.54, 1.807) is 0 Å². The maximum atomic E-state index is 3.87. The molecule has 0 heteroatoms. The topological polar surface area (TPSA) is 0 Å². The summed E-state index contributed by atoms with van der Waals surface area (Å²) >= 11 is 0. The minimum atomic E-state index is 1.04. The fraction of sp³-hybridized carbons (Fsp3) is 0.238. The highest BCUT2D eigenvalue weighted by Gasteiger charge is 2.27. The molecule has 2 aliphatic carbocycles. The predicted molar refractivity (Wildman–Crippen MR) is 93.2 cm³/mol. The molecule has 1 aromatic carbocycles. The third-order valence-corrected chi connectivity index (χ3v) is 4.63. The zero-order chi connectivity index (χ0) is 15.0. The van der Waals surface area contributed by atoms with Crippen molar-refractivity contribution in [2.75, 3.05) is 0 Å². The van der Waals surface area contributed by atoms with Crippen molar-refractivity contribution in [1.82, 2.24) is 0 Å². The molecule has 0 radical (unpaired) electrons. The van der Waals surface area contributed by atoms with Crippen LogP contribution in [0.2, 0.25) is 0 Å². The quantitative estimate of drug-likeness (QED) is 0.619. The van der Waals surface area contributed by atoms with Gasteiger partial charge in [0.25, 0.3) is 0 Å². The van der Waals surface area contributed by atoms with Crippen LogP contribution in [0.3, 0.4) is 0 Å². The second-order valence-electron chi connectivity index (χ2n) is 5.67. The molecule has 3 rings (SSSR count). The van der Waals surface area contributed by atoms with Crippen molar-refractivity contribution in [3.05, 3.63) is 82.5 Å². The Morgan fingerprint density at radius 1 is 0.810 bits per heavy atom. The largest absolute Gasteiger partial charge is 0.0990 e. The Morgan fingerprint density at radius 3 is 1.81 bits per heavy atom. The minimum absolute atomic E-state index is 1.04. The molecule has 0 fully saturated rings. The second kappa shape index (κ2) is 5.37. The van der Waals surface area contributed by atoms with Gasteiger partial charge < -0.3 is 0 Å². The molecular formula is C21H22. The van der Waals surface area contributed by atoms with E-state index in [9.17, 15) is 0 Å². The highest BCUT2D eigenvalue weighted by Crippen LogP contribution is 2.44. The number of fused-ring (bicyclic) bond motifs is 2. The van der Waals surface area contributed by atoms with Crippen molar-refractivity contribution in [2.45, 2.75) is 33.6 Å². The number of hydrogen-bond donors (Lipinski definition) is 0. The van der Waals surface area contributed by atoms with Gasteiger partial charge in [0.1, 0.15) is 0 Å². The van der Waals surface area contributed by atoms with E-state index in [0.717, 1.165) is 12.8 Å². The van der Waals surface area contributed by atoms with Crippen molar-refractivity contribution in [1.29, 1.82) is 0 Å². The Kier molecular flexibility index (Phi) is 3.55. The van der Waals surface area contributed by atoms with Crippen molar-refractivity contribution < 1.29 is 0 Å². The highest BCUT2D eigenvalue weighted by atomic mass is 14.3. The molecule has 0 saturated carbocycles. The second-order valence-corrected chi connectivity index (χ2v) is 5.67. The molecule has 0 heterocycles. The number of rotatable bonds is 1. The van der Waals surface area contributed by atoms with Gasteiger partial charge in [-0.3, -0.25) is 0 Å². The van der Waals surface area contributed by atoms with Crippen LogP contribution in [0, 0.1) is 0 Å². The summed E-state index contributed by atoms with van der Waals surface area (Å²) in [5, 5.41) is 0. The molecule has 1 aromatic rings. The van der Waals surface area contributed by atoms with Crippen LogP contribution in [0.5, 0.6) is 0 Å². The third kappa shape index (κ3) is 2.06. The molecule has 21 heavy (non-hydrogen) atoms. The van der Waals surface area contributed by atoms with Crippen LogP contribution in [0.1, 0.15) is 43.0 Å². The number of allylic oxidation sites excluding steroid dienone is 9. The first-order valence-corrected chi connectivity index (χ1v) is 7.70. The van der Waals surface area contributed by atoms with Crippen LogP contribution >= 0.6 is 0 Å². The van der Waals surface area contributed by atoms with Crippen molar-refractivity contribution in [3.8, 4) is 0 Å². The molecule has 0 aromatic heterocycles. The monoisotopic (exact) mass is 274 g/mol. The summed E-state index contributed by atoms with van der Waals surface area (Å²) in [6, 6.07) is 4.81. The van der Waals surface area contributed by atoms with Crippen LogP contribution in [0.4, 0.5) is 0 Å². The van der Waals surface area contributed by atoms with E-state index in [-0.39, 0.29) is 0 Å². The lowest BCUT2D eigenvalue weighted by molar-refractivity contribution is 1.22. The van der Waals surface area contributed by atoms with Gasteiger partial charge in [0.05, 0.1) is 0 Å². The molecule has 0 unspecified atom stereocenters. The van der Waals surface area contributed by atoms with Crippen molar-refractivity contribution in [2.24, 2.45) is 0 Å². The first-order chi connectivity index (χ1) is 10.2. The lowest BCUT2D eigenvalue weighted by Crippen LogP contribution is -1.88. The molecule has 0 aliphatic heterocycles. The van der Waals surface area contributed by atoms with Gasteiger partial charge in [-0.15, -0.1) is 0 Å². The zero-order valence-corrected chi connectivity index (χ0v) is 13.2. The standard InChI is InChI=1S/C21H22/c1-5-9-19-15(7-3)11-17-12-20-16(13-21(17)19)10-14(6-2)18(20)8-4/h5-9,12-13H,1,10-11H2,2-4H3/b14-6-,15-7-,18-8+,19-9+. The Hall–Kier alpha value is -2.08. The average Bonchev–Trinajstić information content (AvgIpc) is 3.02. The Labute approximate surface area is 127 Å².